The van der Waals surface area contributed by atoms with Gasteiger partial charge in [-0.2, -0.15) is 0 Å². The molecular weight excluding hydrogens is 332 g/mol. The van der Waals surface area contributed by atoms with Crippen LogP contribution in [0.3, 0.4) is 0 Å². The van der Waals surface area contributed by atoms with E-state index >= 15 is 0 Å². The summed E-state index contributed by atoms with van der Waals surface area (Å²) in [5.74, 6) is -0.266. The Hall–Kier alpha value is -2.11. The van der Waals surface area contributed by atoms with Crippen molar-refractivity contribution in [3.63, 3.8) is 0 Å². The number of aliphatic hydroxyl groups excluding tert-OH is 1. The minimum Gasteiger partial charge on any atom is -0.472 e. The van der Waals surface area contributed by atoms with E-state index in [1.54, 1.807) is 12.5 Å². The van der Waals surface area contributed by atoms with E-state index in [1.807, 2.05) is 32.1 Å². The van der Waals surface area contributed by atoms with E-state index in [0.717, 1.165) is 36.0 Å². The second kappa shape index (κ2) is 8.52. The van der Waals surface area contributed by atoms with E-state index < -0.39 is 6.10 Å². The van der Waals surface area contributed by atoms with Gasteiger partial charge in [0.25, 0.3) is 0 Å². The summed E-state index contributed by atoms with van der Waals surface area (Å²) in [5.41, 5.74) is 3.27. The number of hydrogen-bond acceptors (Lipinski definition) is 5. The first kappa shape index (κ1) is 18.7. The average molecular weight is 358 g/mol. The molecular formula is C21H26O5. The Morgan fingerprint density at radius 3 is 2.88 bits per heavy atom. The van der Waals surface area contributed by atoms with Gasteiger partial charge in [0, 0.05) is 5.56 Å². The molecule has 3 heterocycles. The van der Waals surface area contributed by atoms with Crippen molar-refractivity contribution in [2.75, 3.05) is 0 Å². The Labute approximate surface area is 154 Å². The summed E-state index contributed by atoms with van der Waals surface area (Å²) in [6, 6.07) is 1.90. The molecule has 5 nitrogen and oxygen atoms in total. The standard InChI is InChI=1S/C21H26O5/c1-14(5-3-7-16-9-10-24-13-16)11-17(22)12-15(2)6-4-8-18-19-21(25-19)26-20(18)23/h3,6-7,9-11,13,17-19,21-22H,4-5,8,12H2,1-2H3. The number of carbonyl (C=O) groups is 1. The zero-order valence-corrected chi connectivity index (χ0v) is 15.3. The highest BCUT2D eigenvalue weighted by molar-refractivity contribution is 5.76. The van der Waals surface area contributed by atoms with Crippen LogP contribution in [0, 0.1) is 5.92 Å². The summed E-state index contributed by atoms with van der Waals surface area (Å²) < 4.78 is 15.3. The third kappa shape index (κ3) is 5.19. The molecule has 0 saturated carbocycles. The summed E-state index contributed by atoms with van der Waals surface area (Å²) >= 11 is 0. The molecule has 2 saturated heterocycles. The largest absolute Gasteiger partial charge is 0.472 e. The van der Waals surface area contributed by atoms with Gasteiger partial charge in [0.2, 0.25) is 6.29 Å². The smallest absolute Gasteiger partial charge is 0.314 e. The van der Waals surface area contributed by atoms with Gasteiger partial charge in [-0.3, -0.25) is 4.79 Å². The number of fused-ring (bicyclic) bond motifs is 1. The first-order valence-electron chi connectivity index (χ1n) is 9.08. The van der Waals surface area contributed by atoms with E-state index in [-0.39, 0.29) is 24.3 Å². The number of allylic oxidation sites excluding steroid dienone is 3. The lowest BCUT2D eigenvalue weighted by Gasteiger charge is -2.09. The van der Waals surface area contributed by atoms with Crippen molar-refractivity contribution in [2.24, 2.45) is 5.92 Å². The van der Waals surface area contributed by atoms with E-state index in [1.165, 1.54) is 0 Å². The number of epoxide rings is 1. The third-order valence-electron chi connectivity index (χ3n) is 4.69. The summed E-state index contributed by atoms with van der Waals surface area (Å²) in [6.07, 6.45) is 13.5. The molecule has 0 spiro atoms. The normalized spacial score (nSPS) is 26.9. The summed E-state index contributed by atoms with van der Waals surface area (Å²) in [5, 5.41) is 10.2. The summed E-state index contributed by atoms with van der Waals surface area (Å²) in [4.78, 5) is 11.6. The maximum absolute atomic E-state index is 11.6. The van der Waals surface area contributed by atoms with E-state index in [4.69, 9.17) is 13.9 Å². The van der Waals surface area contributed by atoms with E-state index in [2.05, 4.69) is 12.2 Å². The van der Waals surface area contributed by atoms with Crippen LogP contribution < -0.4 is 0 Å². The van der Waals surface area contributed by atoms with Crippen molar-refractivity contribution < 1.29 is 23.8 Å². The molecule has 0 amide bonds. The highest BCUT2D eigenvalue weighted by Crippen LogP contribution is 2.40. The Balaban J connectivity index is 1.38. The Bertz CT molecular complexity index is 698. The molecule has 2 aliphatic rings. The van der Waals surface area contributed by atoms with Crippen molar-refractivity contribution in [2.45, 2.75) is 58.0 Å². The van der Waals surface area contributed by atoms with Crippen LogP contribution in [0.1, 0.15) is 45.1 Å². The molecule has 4 atom stereocenters. The van der Waals surface area contributed by atoms with Crippen LogP contribution in [0.5, 0.6) is 0 Å². The Morgan fingerprint density at radius 2 is 2.19 bits per heavy atom. The second-order valence-corrected chi connectivity index (χ2v) is 7.09. The lowest BCUT2D eigenvalue weighted by atomic mass is 9.99. The fourth-order valence-corrected chi connectivity index (χ4v) is 3.24. The number of hydrogen-bond donors (Lipinski definition) is 1. The van der Waals surface area contributed by atoms with Gasteiger partial charge in [0.15, 0.2) is 0 Å². The molecule has 4 unspecified atom stereocenters. The van der Waals surface area contributed by atoms with E-state index in [9.17, 15) is 9.90 Å². The predicted octanol–water partition coefficient (Wildman–Crippen LogP) is 4.00. The molecule has 5 heteroatoms. The highest BCUT2D eigenvalue weighted by Gasteiger charge is 2.57. The van der Waals surface area contributed by atoms with Crippen LogP contribution in [0.25, 0.3) is 6.08 Å². The van der Waals surface area contributed by atoms with Crippen LogP contribution in [0.4, 0.5) is 0 Å². The number of furan rings is 1. The SMILES string of the molecule is CC(=CC(O)CC(C)=CCCC1C(=O)OC2OC21)CC=Cc1ccoc1. The average Bonchev–Trinajstić information content (AvgIpc) is 3.00. The topological polar surface area (TPSA) is 72.2 Å². The molecule has 0 aliphatic carbocycles. The lowest BCUT2D eigenvalue weighted by molar-refractivity contribution is -0.151. The van der Waals surface area contributed by atoms with Gasteiger partial charge in [0.1, 0.15) is 6.10 Å². The van der Waals surface area contributed by atoms with Crippen LogP contribution in [-0.4, -0.2) is 29.6 Å². The van der Waals surface area contributed by atoms with Gasteiger partial charge in [-0.05, 0) is 45.6 Å². The highest BCUT2D eigenvalue weighted by atomic mass is 16.8. The van der Waals surface area contributed by atoms with Crippen molar-refractivity contribution in [1.29, 1.82) is 0 Å². The number of esters is 1. The third-order valence-corrected chi connectivity index (χ3v) is 4.69. The predicted molar refractivity (Wildman–Crippen MR) is 98.0 cm³/mol. The van der Waals surface area contributed by atoms with Crippen LogP contribution in [0.2, 0.25) is 0 Å². The molecule has 2 aliphatic heterocycles. The molecule has 0 radical (unpaired) electrons. The number of rotatable bonds is 9. The van der Waals surface area contributed by atoms with Gasteiger partial charge in [-0.25, -0.2) is 0 Å². The van der Waals surface area contributed by atoms with Crippen LogP contribution in [0.15, 0.2) is 52.4 Å². The molecule has 140 valence electrons. The van der Waals surface area contributed by atoms with Crippen molar-refractivity contribution in [3.05, 3.63) is 53.5 Å². The second-order valence-electron chi connectivity index (χ2n) is 7.09. The zero-order valence-electron chi connectivity index (χ0n) is 15.3. The molecule has 1 N–H and O–H groups in total. The zero-order chi connectivity index (χ0) is 18.5. The Morgan fingerprint density at radius 1 is 1.35 bits per heavy atom. The molecule has 26 heavy (non-hydrogen) atoms. The molecule has 1 aromatic heterocycles. The Kier molecular flexibility index (Phi) is 6.12. The number of ether oxygens (including phenoxy) is 2. The fraction of sp³-hybridized carbons (Fsp3) is 0.476. The molecule has 0 bridgehead atoms. The monoisotopic (exact) mass is 358 g/mol. The number of aliphatic hydroxyl groups is 1. The molecule has 3 rings (SSSR count). The van der Waals surface area contributed by atoms with Crippen LogP contribution in [-0.2, 0) is 14.3 Å². The van der Waals surface area contributed by atoms with Gasteiger partial charge in [0.05, 0.1) is 24.5 Å². The van der Waals surface area contributed by atoms with Crippen molar-refractivity contribution in [1.82, 2.24) is 0 Å². The minimum atomic E-state index is -0.499. The lowest BCUT2D eigenvalue weighted by Crippen LogP contribution is -2.15. The summed E-state index contributed by atoms with van der Waals surface area (Å²) in [6.45, 7) is 4.02. The first-order chi connectivity index (χ1) is 12.5. The first-order valence-corrected chi connectivity index (χ1v) is 9.08. The van der Waals surface area contributed by atoms with Gasteiger partial charge in [-0.1, -0.05) is 35.5 Å². The summed E-state index contributed by atoms with van der Waals surface area (Å²) in [7, 11) is 0. The van der Waals surface area contributed by atoms with Crippen molar-refractivity contribution >= 4 is 12.0 Å². The number of carbonyl (C=O) groups excluding carboxylic acids is 1. The molecule has 0 aromatic carbocycles. The maximum Gasteiger partial charge on any atom is 0.314 e. The quantitative estimate of drug-likeness (QED) is 0.410. The maximum atomic E-state index is 11.6. The molecule has 2 fully saturated rings. The van der Waals surface area contributed by atoms with Gasteiger partial charge >= 0.3 is 5.97 Å². The van der Waals surface area contributed by atoms with Gasteiger partial charge in [-0.15, -0.1) is 0 Å². The fourth-order valence-electron chi connectivity index (χ4n) is 3.24. The van der Waals surface area contributed by atoms with Gasteiger partial charge < -0.3 is 19.0 Å². The minimum absolute atomic E-state index is 0.0255. The molecule has 1 aromatic rings. The van der Waals surface area contributed by atoms with E-state index in [0.29, 0.717) is 6.42 Å². The van der Waals surface area contributed by atoms with Crippen molar-refractivity contribution in [3.8, 4) is 0 Å². The van der Waals surface area contributed by atoms with Crippen LogP contribution >= 0.6 is 0 Å².